The maximum atomic E-state index is 14.9. The minimum absolute atomic E-state index is 0.0712. The van der Waals surface area contributed by atoms with Crippen molar-refractivity contribution in [1.29, 1.82) is 0 Å². The molecule has 2 amide bonds. The van der Waals surface area contributed by atoms with Crippen LogP contribution < -0.4 is 21.9 Å². The number of rotatable bonds is 11. The molecule has 0 aliphatic rings. The average Bonchev–Trinajstić information content (AvgIpc) is 3.59. The molecule has 0 aliphatic carbocycles. The Labute approximate surface area is 261 Å². The first kappa shape index (κ1) is 31.8. The number of imidazole rings is 1. The SMILES string of the molecule is CCNC(=O)Nc1ccc(-c2sc3c(c2CN(C)CCOC)c(=O)n(-c2nccn2C)c(=O)n3Cc2c(F)cccc2F)cc1. The number of thiophene rings is 1. The Bertz CT molecular complexity index is 1940. The lowest BCUT2D eigenvalue weighted by Crippen LogP contribution is -2.40. The lowest BCUT2D eigenvalue weighted by Gasteiger charge is -2.17. The van der Waals surface area contributed by atoms with E-state index in [0.29, 0.717) is 42.4 Å². The van der Waals surface area contributed by atoms with Crippen LogP contribution in [0.4, 0.5) is 19.3 Å². The normalized spacial score (nSPS) is 11.4. The highest BCUT2D eigenvalue weighted by Crippen LogP contribution is 2.38. The number of amides is 2. The van der Waals surface area contributed by atoms with Crippen LogP contribution >= 0.6 is 11.3 Å². The summed E-state index contributed by atoms with van der Waals surface area (Å²) >= 11 is 1.19. The van der Waals surface area contributed by atoms with Crippen molar-refractivity contribution >= 4 is 33.3 Å². The third-order valence-electron chi connectivity index (χ3n) is 7.29. The summed E-state index contributed by atoms with van der Waals surface area (Å²) in [5, 5.41) is 5.68. The summed E-state index contributed by atoms with van der Waals surface area (Å²) in [5.41, 5.74) is 0.245. The molecule has 2 aromatic carbocycles. The van der Waals surface area contributed by atoms with Crippen molar-refractivity contribution in [2.24, 2.45) is 7.05 Å². The molecule has 14 heteroatoms. The van der Waals surface area contributed by atoms with Crippen LogP contribution in [-0.2, 0) is 24.9 Å². The van der Waals surface area contributed by atoms with E-state index in [-0.39, 0.29) is 27.8 Å². The zero-order valence-corrected chi connectivity index (χ0v) is 26.1. The van der Waals surface area contributed by atoms with E-state index < -0.39 is 29.4 Å². The fourth-order valence-corrected chi connectivity index (χ4v) is 6.32. The molecule has 236 valence electrons. The number of hydrogen-bond acceptors (Lipinski definition) is 7. The smallest absolute Gasteiger partial charge is 0.339 e. The Kier molecular flexibility index (Phi) is 9.56. The molecular weight excluding hydrogens is 604 g/mol. The van der Waals surface area contributed by atoms with Crippen LogP contribution in [0.2, 0.25) is 0 Å². The molecular formula is C31H33F2N7O4S. The second kappa shape index (κ2) is 13.5. The molecule has 5 aromatic rings. The minimum Gasteiger partial charge on any atom is -0.383 e. The summed E-state index contributed by atoms with van der Waals surface area (Å²) in [5.74, 6) is -1.55. The third-order valence-corrected chi connectivity index (χ3v) is 8.60. The highest BCUT2D eigenvalue weighted by atomic mass is 32.1. The molecule has 0 saturated heterocycles. The molecule has 0 aliphatic heterocycles. The van der Waals surface area contributed by atoms with E-state index >= 15 is 0 Å². The van der Waals surface area contributed by atoms with Gasteiger partial charge < -0.3 is 19.9 Å². The van der Waals surface area contributed by atoms with Gasteiger partial charge in [0, 0.05) is 62.3 Å². The summed E-state index contributed by atoms with van der Waals surface area (Å²) in [7, 11) is 5.13. The number of urea groups is 1. The van der Waals surface area contributed by atoms with Crippen molar-refractivity contribution < 1.29 is 18.3 Å². The number of methoxy groups -OCH3 is 1. The highest BCUT2D eigenvalue weighted by Gasteiger charge is 2.26. The van der Waals surface area contributed by atoms with E-state index in [2.05, 4.69) is 15.6 Å². The van der Waals surface area contributed by atoms with Gasteiger partial charge in [-0.15, -0.1) is 11.3 Å². The Morgan fingerprint density at radius 3 is 2.42 bits per heavy atom. The highest BCUT2D eigenvalue weighted by molar-refractivity contribution is 7.22. The first-order valence-corrected chi connectivity index (χ1v) is 15.0. The number of ether oxygens (including phenoxy) is 1. The van der Waals surface area contributed by atoms with Gasteiger partial charge in [-0.1, -0.05) is 18.2 Å². The number of likely N-dealkylation sites (N-methyl/N-ethyl adjacent to an activating group) is 1. The van der Waals surface area contributed by atoms with Gasteiger partial charge in [0.15, 0.2) is 0 Å². The molecule has 0 unspecified atom stereocenters. The molecule has 11 nitrogen and oxygen atoms in total. The van der Waals surface area contributed by atoms with E-state index in [1.165, 1.54) is 32.7 Å². The number of nitrogens with one attached hydrogen (secondary N) is 2. The Hall–Kier alpha value is -4.66. The second-order valence-corrected chi connectivity index (χ2v) is 11.4. The van der Waals surface area contributed by atoms with Crippen LogP contribution in [0.15, 0.2) is 64.4 Å². The third kappa shape index (κ3) is 6.43. The van der Waals surface area contributed by atoms with Crippen molar-refractivity contribution in [2.75, 3.05) is 39.2 Å². The number of nitrogens with zero attached hydrogens (tertiary/aromatic N) is 5. The Morgan fingerprint density at radius 1 is 1.09 bits per heavy atom. The lowest BCUT2D eigenvalue weighted by molar-refractivity contribution is 0.159. The summed E-state index contributed by atoms with van der Waals surface area (Å²) in [6.07, 6.45) is 3.06. The summed E-state index contributed by atoms with van der Waals surface area (Å²) in [6, 6.07) is 10.3. The van der Waals surface area contributed by atoms with E-state index in [0.717, 1.165) is 22.3 Å². The van der Waals surface area contributed by atoms with Crippen LogP contribution in [0.1, 0.15) is 18.1 Å². The summed E-state index contributed by atoms with van der Waals surface area (Å²) < 4.78 is 38.8. The van der Waals surface area contributed by atoms with Gasteiger partial charge in [-0.3, -0.25) is 14.3 Å². The molecule has 0 spiro atoms. The van der Waals surface area contributed by atoms with E-state index in [1.807, 2.05) is 18.9 Å². The number of fused-ring (bicyclic) bond motifs is 1. The standard InChI is InChI=1S/C31H33F2N7O4S/c1-5-34-29(42)36-20-11-9-19(10-12-20)26-22(17-37(2)15-16-44-4)25-27(41)40(30-35-13-14-38(30)3)31(43)39(28(25)45-26)18-21-23(32)7-6-8-24(21)33/h6-14H,5,15-18H2,1-4H3,(H2,34,36,42). The molecule has 0 saturated carbocycles. The molecule has 0 atom stereocenters. The predicted molar refractivity (Wildman–Crippen MR) is 170 cm³/mol. The molecule has 3 aromatic heterocycles. The van der Waals surface area contributed by atoms with Gasteiger partial charge >= 0.3 is 11.7 Å². The van der Waals surface area contributed by atoms with E-state index in [1.54, 1.807) is 44.6 Å². The van der Waals surface area contributed by atoms with E-state index in [4.69, 9.17) is 4.74 Å². The number of halogens is 2. The quantitative estimate of drug-likeness (QED) is 0.225. The van der Waals surface area contributed by atoms with Crippen molar-refractivity contribution in [3.05, 3.63) is 98.5 Å². The zero-order chi connectivity index (χ0) is 32.2. The molecule has 2 N–H and O–H groups in total. The summed E-state index contributed by atoms with van der Waals surface area (Å²) in [6.45, 7) is 3.14. The van der Waals surface area contributed by atoms with Crippen molar-refractivity contribution in [2.45, 2.75) is 20.0 Å². The van der Waals surface area contributed by atoms with Gasteiger partial charge in [0.05, 0.1) is 18.5 Å². The van der Waals surface area contributed by atoms with Gasteiger partial charge in [0.25, 0.3) is 5.56 Å². The fraction of sp³-hybridized carbons (Fsp3) is 0.290. The number of carbonyl (C=O) groups is 1. The first-order chi connectivity index (χ1) is 21.6. The van der Waals surface area contributed by atoms with Crippen molar-refractivity contribution in [3.8, 4) is 16.4 Å². The lowest BCUT2D eigenvalue weighted by atomic mass is 10.1. The van der Waals surface area contributed by atoms with E-state index in [9.17, 15) is 23.2 Å². The summed E-state index contributed by atoms with van der Waals surface area (Å²) in [4.78, 5) is 47.6. The molecule has 5 rings (SSSR count). The molecule has 0 bridgehead atoms. The number of carbonyl (C=O) groups excluding carboxylic acids is 1. The zero-order valence-electron chi connectivity index (χ0n) is 25.3. The largest absolute Gasteiger partial charge is 0.383 e. The average molecular weight is 638 g/mol. The van der Waals surface area contributed by atoms with Crippen LogP contribution in [0.5, 0.6) is 0 Å². The van der Waals surface area contributed by atoms with Crippen LogP contribution in [-0.4, -0.2) is 63.5 Å². The van der Waals surface area contributed by atoms with Gasteiger partial charge in [0.2, 0.25) is 5.95 Å². The Balaban J connectivity index is 1.78. The number of hydrogen-bond donors (Lipinski definition) is 2. The van der Waals surface area contributed by atoms with Crippen LogP contribution in [0, 0.1) is 11.6 Å². The van der Waals surface area contributed by atoms with Crippen LogP contribution in [0.3, 0.4) is 0 Å². The monoisotopic (exact) mass is 637 g/mol. The van der Waals surface area contributed by atoms with Gasteiger partial charge in [0.1, 0.15) is 16.5 Å². The minimum atomic E-state index is -0.809. The topological polar surface area (TPSA) is 115 Å². The predicted octanol–water partition coefficient (Wildman–Crippen LogP) is 4.16. The Morgan fingerprint density at radius 2 is 1.80 bits per heavy atom. The number of aromatic nitrogens is 4. The molecule has 0 radical (unpaired) electrons. The van der Waals surface area contributed by atoms with Gasteiger partial charge in [-0.25, -0.2) is 23.4 Å². The fourth-order valence-electron chi connectivity index (χ4n) is 5.02. The van der Waals surface area contributed by atoms with Crippen LogP contribution in [0.25, 0.3) is 26.6 Å². The maximum absolute atomic E-state index is 14.9. The molecule has 3 heterocycles. The second-order valence-electron chi connectivity index (χ2n) is 10.4. The van der Waals surface area contributed by atoms with Gasteiger partial charge in [-0.2, -0.15) is 4.57 Å². The van der Waals surface area contributed by atoms with Crippen molar-refractivity contribution in [1.82, 2.24) is 28.9 Å². The van der Waals surface area contributed by atoms with Gasteiger partial charge in [-0.05, 0) is 49.4 Å². The molecule has 45 heavy (non-hydrogen) atoms. The number of aryl methyl sites for hydroxylation is 1. The first-order valence-electron chi connectivity index (χ1n) is 14.2. The maximum Gasteiger partial charge on any atom is 0.339 e. The number of benzene rings is 2. The molecule has 0 fully saturated rings. The van der Waals surface area contributed by atoms with Crippen molar-refractivity contribution in [3.63, 3.8) is 0 Å². The number of anilines is 1.